The highest BCUT2D eigenvalue weighted by Crippen LogP contribution is 2.37. The SMILES string of the molecule is Nc1cccc2c1CC1OC1C2. The molecule has 2 N–H and O–H groups in total. The standard InChI is InChI=1S/C10H11NO/c11-8-3-1-2-6-4-9-10(12-9)5-7(6)8/h1-3,9-10H,4-5,11H2. The van der Waals surface area contributed by atoms with Crippen LogP contribution in [0.3, 0.4) is 0 Å². The van der Waals surface area contributed by atoms with Gasteiger partial charge in [-0.3, -0.25) is 0 Å². The van der Waals surface area contributed by atoms with Gasteiger partial charge in [0.05, 0.1) is 12.2 Å². The lowest BCUT2D eigenvalue weighted by Gasteiger charge is -2.13. The molecule has 0 aromatic heterocycles. The molecule has 12 heavy (non-hydrogen) atoms. The largest absolute Gasteiger partial charge is 0.398 e. The molecule has 2 unspecified atom stereocenters. The minimum absolute atomic E-state index is 0.474. The fourth-order valence-electron chi connectivity index (χ4n) is 2.05. The molecule has 1 fully saturated rings. The van der Waals surface area contributed by atoms with Gasteiger partial charge in [0.2, 0.25) is 0 Å². The van der Waals surface area contributed by atoms with Crippen molar-refractivity contribution < 1.29 is 4.74 Å². The summed E-state index contributed by atoms with van der Waals surface area (Å²) >= 11 is 0. The molecule has 2 nitrogen and oxygen atoms in total. The zero-order valence-electron chi connectivity index (χ0n) is 6.79. The number of benzene rings is 1. The van der Waals surface area contributed by atoms with Gasteiger partial charge < -0.3 is 10.5 Å². The molecule has 2 atom stereocenters. The van der Waals surface area contributed by atoms with Crippen LogP contribution in [0, 0.1) is 0 Å². The molecule has 1 aliphatic carbocycles. The van der Waals surface area contributed by atoms with Crippen molar-refractivity contribution >= 4 is 5.69 Å². The Kier molecular flexibility index (Phi) is 1.09. The van der Waals surface area contributed by atoms with Crippen LogP contribution in [-0.4, -0.2) is 12.2 Å². The molecule has 0 radical (unpaired) electrons. The number of ether oxygens (including phenoxy) is 1. The van der Waals surface area contributed by atoms with Crippen molar-refractivity contribution in [3.05, 3.63) is 29.3 Å². The summed E-state index contributed by atoms with van der Waals surface area (Å²) in [6.07, 6.45) is 3.05. The summed E-state index contributed by atoms with van der Waals surface area (Å²) in [6, 6.07) is 6.15. The van der Waals surface area contributed by atoms with E-state index in [2.05, 4.69) is 6.07 Å². The maximum atomic E-state index is 5.87. The van der Waals surface area contributed by atoms with Crippen molar-refractivity contribution in [3.8, 4) is 0 Å². The summed E-state index contributed by atoms with van der Waals surface area (Å²) in [7, 11) is 0. The zero-order chi connectivity index (χ0) is 8.13. The van der Waals surface area contributed by atoms with Crippen LogP contribution < -0.4 is 5.73 Å². The second kappa shape index (κ2) is 2.02. The molecule has 2 heteroatoms. The Morgan fingerprint density at radius 1 is 1.25 bits per heavy atom. The molecule has 0 amide bonds. The highest BCUT2D eigenvalue weighted by atomic mass is 16.6. The molecule has 62 valence electrons. The van der Waals surface area contributed by atoms with E-state index >= 15 is 0 Å². The van der Waals surface area contributed by atoms with E-state index in [1.54, 1.807) is 0 Å². The highest BCUT2D eigenvalue weighted by molar-refractivity contribution is 5.53. The molecule has 1 aromatic carbocycles. The average Bonchev–Trinajstić information content (AvgIpc) is 2.79. The predicted octanol–water partition coefficient (Wildman–Crippen LogP) is 1.13. The van der Waals surface area contributed by atoms with E-state index in [1.807, 2.05) is 12.1 Å². The Balaban J connectivity index is 2.11. The molecule has 0 saturated carbocycles. The van der Waals surface area contributed by atoms with Crippen LogP contribution in [-0.2, 0) is 17.6 Å². The molecule has 2 aliphatic rings. The van der Waals surface area contributed by atoms with E-state index in [1.165, 1.54) is 11.1 Å². The van der Waals surface area contributed by atoms with Crippen LogP contribution in [0.1, 0.15) is 11.1 Å². The molecule has 0 bridgehead atoms. The van der Waals surface area contributed by atoms with Gasteiger partial charge in [0.25, 0.3) is 0 Å². The van der Waals surface area contributed by atoms with Gasteiger partial charge in [-0.25, -0.2) is 0 Å². The Morgan fingerprint density at radius 3 is 3.00 bits per heavy atom. The van der Waals surface area contributed by atoms with Gasteiger partial charge in [-0.15, -0.1) is 0 Å². The fraction of sp³-hybridized carbons (Fsp3) is 0.400. The average molecular weight is 161 g/mol. The number of hydrogen-bond donors (Lipinski definition) is 1. The first-order valence-electron chi connectivity index (χ1n) is 4.36. The van der Waals surface area contributed by atoms with Crippen LogP contribution in [0.5, 0.6) is 0 Å². The number of hydrogen-bond acceptors (Lipinski definition) is 2. The Morgan fingerprint density at radius 2 is 2.08 bits per heavy atom. The third-order valence-corrected chi connectivity index (χ3v) is 2.82. The van der Waals surface area contributed by atoms with Crippen molar-refractivity contribution in [1.29, 1.82) is 0 Å². The third-order valence-electron chi connectivity index (χ3n) is 2.82. The van der Waals surface area contributed by atoms with Crippen LogP contribution >= 0.6 is 0 Å². The zero-order valence-corrected chi connectivity index (χ0v) is 6.79. The van der Waals surface area contributed by atoms with Crippen LogP contribution in [0.25, 0.3) is 0 Å². The summed E-state index contributed by atoms with van der Waals surface area (Å²) in [6.45, 7) is 0. The van der Waals surface area contributed by atoms with Crippen molar-refractivity contribution in [1.82, 2.24) is 0 Å². The van der Waals surface area contributed by atoms with E-state index in [0.717, 1.165) is 18.5 Å². The highest BCUT2D eigenvalue weighted by Gasteiger charge is 2.42. The molecule has 1 aromatic rings. The lowest BCUT2D eigenvalue weighted by molar-refractivity contribution is 0.375. The molecule has 1 saturated heterocycles. The summed E-state index contributed by atoms with van der Waals surface area (Å²) in [4.78, 5) is 0. The number of rotatable bonds is 0. The number of fused-ring (bicyclic) bond motifs is 2. The molecule has 0 spiro atoms. The van der Waals surface area contributed by atoms with Gasteiger partial charge in [-0.1, -0.05) is 12.1 Å². The first-order valence-corrected chi connectivity index (χ1v) is 4.36. The smallest absolute Gasteiger partial charge is 0.0886 e. The Hall–Kier alpha value is -1.02. The van der Waals surface area contributed by atoms with Gasteiger partial charge in [0.1, 0.15) is 0 Å². The van der Waals surface area contributed by atoms with Gasteiger partial charge in [-0.2, -0.15) is 0 Å². The maximum absolute atomic E-state index is 5.87. The summed E-state index contributed by atoms with van der Waals surface area (Å²) in [5.41, 5.74) is 9.50. The molecule has 3 rings (SSSR count). The van der Waals surface area contributed by atoms with Gasteiger partial charge >= 0.3 is 0 Å². The summed E-state index contributed by atoms with van der Waals surface area (Å²) in [5, 5.41) is 0. The van der Waals surface area contributed by atoms with Crippen LogP contribution in [0.4, 0.5) is 5.69 Å². The minimum atomic E-state index is 0.474. The molecule has 1 aliphatic heterocycles. The lowest BCUT2D eigenvalue weighted by Crippen LogP contribution is -2.13. The van der Waals surface area contributed by atoms with Gasteiger partial charge in [-0.05, 0) is 17.2 Å². The predicted molar refractivity (Wildman–Crippen MR) is 46.9 cm³/mol. The lowest BCUT2D eigenvalue weighted by atomic mass is 9.91. The van der Waals surface area contributed by atoms with Gasteiger partial charge in [0.15, 0.2) is 0 Å². The first kappa shape index (κ1) is 6.49. The molecular formula is C10H11NO. The van der Waals surface area contributed by atoms with E-state index in [0.29, 0.717) is 12.2 Å². The second-order valence-corrected chi connectivity index (χ2v) is 3.61. The Bertz CT molecular complexity index is 335. The number of nitrogens with two attached hydrogens (primary N) is 1. The molecule has 1 heterocycles. The number of anilines is 1. The normalized spacial score (nSPS) is 30.7. The van der Waals surface area contributed by atoms with E-state index < -0.39 is 0 Å². The fourth-order valence-corrected chi connectivity index (χ4v) is 2.05. The van der Waals surface area contributed by atoms with Crippen molar-refractivity contribution in [2.24, 2.45) is 0 Å². The topological polar surface area (TPSA) is 38.5 Å². The monoisotopic (exact) mass is 161 g/mol. The van der Waals surface area contributed by atoms with E-state index in [-0.39, 0.29) is 0 Å². The van der Waals surface area contributed by atoms with Crippen molar-refractivity contribution in [2.45, 2.75) is 25.0 Å². The van der Waals surface area contributed by atoms with Crippen molar-refractivity contribution in [3.63, 3.8) is 0 Å². The summed E-state index contributed by atoms with van der Waals surface area (Å²) in [5.74, 6) is 0. The minimum Gasteiger partial charge on any atom is -0.398 e. The first-order chi connectivity index (χ1) is 5.84. The summed E-state index contributed by atoms with van der Waals surface area (Å²) < 4.78 is 5.46. The van der Waals surface area contributed by atoms with Crippen LogP contribution in [0.2, 0.25) is 0 Å². The van der Waals surface area contributed by atoms with E-state index in [9.17, 15) is 0 Å². The number of epoxide rings is 1. The maximum Gasteiger partial charge on any atom is 0.0886 e. The van der Waals surface area contributed by atoms with Crippen molar-refractivity contribution in [2.75, 3.05) is 5.73 Å². The molecular weight excluding hydrogens is 150 g/mol. The Labute approximate surface area is 71.3 Å². The van der Waals surface area contributed by atoms with Crippen LogP contribution in [0.15, 0.2) is 18.2 Å². The quantitative estimate of drug-likeness (QED) is 0.457. The third kappa shape index (κ3) is 0.786. The second-order valence-electron chi connectivity index (χ2n) is 3.61. The number of nitrogen functional groups attached to an aromatic ring is 1. The van der Waals surface area contributed by atoms with E-state index in [4.69, 9.17) is 10.5 Å². The van der Waals surface area contributed by atoms with Gasteiger partial charge in [0, 0.05) is 18.5 Å².